The van der Waals surface area contributed by atoms with Gasteiger partial charge in [0.05, 0.1) is 6.07 Å². The van der Waals surface area contributed by atoms with E-state index < -0.39 is 25.3 Å². The summed E-state index contributed by atoms with van der Waals surface area (Å²) in [5, 5.41) is 12.9. The number of aromatic nitrogens is 3. The fourth-order valence-corrected chi connectivity index (χ4v) is 1.80. The average Bonchev–Trinajstić information content (AvgIpc) is 2.74. The van der Waals surface area contributed by atoms with Gasteiger partial charge in [-0.15, -0.1) is 18.3 Å². The lowest BCUT2D eigenvalue weighted by Gasteiger charge is -2.09. The topological polar surface area (TPSA) is 72.8 Å². The number of benzene rings is 1. The van der Waals surface area contributed by atoms with E-state index in [0.717, 1.165) is 4.68 Å². The van der Waals surface area contributed by atoms with E-state index >= 15 is 0 Å². The third-order valence-corrected chi connectivity index (χ3v) is 2.85. The van der Waals surface area contributed by atoms with E-state index in [9.17, 15) is 18.0 Å². The minimum Gasteiger partial charge on any atom is -0.270 e. The van der Waals surface area contributed by atoms with Crippen LogP contribution in [0.2, 0.25) is 5.02 Å². The van der Waals surface area contributed by atoms with E-state index in [1.54, 1.807) is 6.07 Å². The van der Waals surface area contributed by atoms with Gasteiger partial charge in [0.15, 0.2) is 5.82 Å². The number of hydrogen-bond acceptors (Lipinski definition) is 4. The van der Waals surface area contributed by atoms with Gasteiger partial charge < -0.3 is 0 Å². The molecule has 0 aliphatic rings. The SMILES string of the molecule is N#CCn1nc(-c2ccc(Cl)cc2)n(COC(F)(F)F)c1=O. The first-order chi connectivity index (χ1) is 10.3. The maximum Gasteiger partial charge on any atom is 0.524 e. The van der Waals surface area contributed by atoms with E-state index in [2.05, 4.69) is 9.84 Å². The maximum absolute atomic E-state index is 12.2. The Hall–Kier alpha value is -2.31. The molecule has 1 aromatic carbocycles. The highest BCUT2D eigenvalue weighted by Crippen LogP contribution is 2.21. The second-order valence-electron chi connectivity index (χ2n) is 4.08. The monoisotopic (exact) mass is 332 g/mol. The van der Waals surface area contributed by atoms with Crippen molar-refractivity contribution in [2.24, 2.45) is 0 Å². The lowest BCUT2D eigenvalue weighted by Crippen LogP contribution is -2.28. The summed E-state index contributed by atoms with van der Waals surface area (Å²) in [5.41, 5.74) is -0.514. The molecule has 1 heterocycles. The molecule has 1 aromatic heterocycles. The zero-order valence-electron chi connectivity index (χ0n) is 10.8. The van der Waals surface area contributed by atoms with E-state index in [1.165, 1.54) is 24.3 Å². The fraction of sp³-hybridized carbons (Fsp3) is 0.250. The second-order valence-corrected chi connectivity index (χ2v) is 4.51. The van der Waals surface area contributed by atoms with Crippen molar-refractivity contribution in [2.75, 3.05) is 0 Å². The third-order valence-electron chi connectivity index (χ3n) is 2.60. The molecule has 0 amide bonds. The molecule has 0 atom stereocenters. The minimum absolute atomic E-state index is 0.0545. The number of nitriles is 1. The Balaban J connectivity index is 2.47. The molecule has 0 aliphatic carbocycles. The van der Waals surface area contributed by atoms with E-state index in [1.807, 2.05) is 0 Å². The van der Waals surface area contributed by atoms with Crippen molar-refractivity contribution in [3.8, 4) is 17.5 Å². The van der Waals surface area contributed by atoms with Gasteiger partial charge in [0, 0.05) is 10.6 Å². The smallest absolute Gasteiger partial charge is 0.270 e. The van der Waals surface area contributed by atoms with Crippen LogP contribution >= 0.6 is 11.6 Å². The summed E-state index contributed by atoms with van der Waals surface area (Å²) in [6, 6.07) is 7.68. The van der Waals surface area contributed by atoms with Gasteiger partial charge in [-0.05, 0) is 24.3 Å². The Labute approximate surface area is 126 Å². The van der Waals surface area contributed by atoms with Crippen molar-refractivity contribution in [3.63, 3.8) is 0 Å². The van der Waals surface area contributed by atoms with Crippen LogP contribution in [0.4, 0.5) is 13.2 Å². The number of hydrogen-bond donors (Lipinski definition) is 0. The van der Waals surface area contributed by atoms with Gasteiger partial charge in [-0.25, -0.2) is 4.79 Å². The Morgan fingerprint density at radius 1 is 1.32 bits per heavy atom. The molecule has 0 fully saturated rings. The highest BCUT2D eigenvalue weighted by molar-refractivity contribution is 6.30. The number of nitrogens with zero attached hydrogens (tertiary/aromatic N) is 4. The molecule has 0 unspecified atom stereocenters. The number of alkyl halides is 3. The van der Waals surface area contributed by atoms with Crippen LogP contribution in [0.15, 0.2) is 29.1 Å². The lowest BCUT2D eigenvalue weighted by atomic mass is 10.2. The summed E-state index contributed by atoms with van der Waals surface area (Å²) in [7, 11) is 0. The molecular formula is C12H8ClF3N4O2. The summed E-state index contributed by atoms with van der Waals surface area (Å²) in [5.74, 6) is -0.0545. The molecule has 0 radical (unpaired) electrons. The van der Waals surface area contributed by atoms with Gasteiger partial charge in [-0.2, -0.15) is 9.94 Å². The van der Waals surface area contributed by atoms with Crippen molar-refractivity contribution in [1.29, 1.82) is 5.26 Å². The van der Waals surface area contributed by atoms with Crippen LogP contribution in [0, 0.1) is 11.3 Å². The van der Waals surface area contributed by atoms with E-state index in [4.69, 9.17) is 16.9 Å². The van der Waals surface area contributed by atoms with Crippen molar-refractivity contribution >= 4 is 11.6 Å². The summed E-state index contributed by atoms with van der Waals surface area (Å²) >= 11 is 5.74. The molecule has 6 nitrogen and oxygen atoms in total. The van der Waals surface area contributed by atoms with Crippen LogP contribution in [-0.4, -0.2) is 20.7 Å². The first-order valence-electron chi connectivity index (χ1n) is 5.83. The Bertz CT molecular complexity index is 759. The molecule has 22 heavy (non-hydrogen) atoms. The molecule has 0 saturated heterocycles. The first kappa shape index (κ1) is 16.1. The Kier molecular flexibility index (Phi) is 4.54. The van der Waals surface area contributed by atoms with Crippen LogP contribution < -0.4 is 5.69 Å². The average molecular weight is 333 g/mol. The van der Waals surface area contributed by atoms with E-state index in [0.29, 0.717) is 15.2 Å². The normalized spacial score (nSPS) is 11.4. The van der Waals surface area contributed by atoms with Gasteiger partial charge in [0.25, 0.3) is 0 Å². The number of ether oxygens (including phenoxy) is 1. The Morgan fingerprint density at radius 3 is 2.50 bits per heavy atom. The van der Waals surface area contributed by atoms with Crippen LogP contribution in [0.1, 0.15) is 0 Å². The van der Waals surface area contributed by atoms with Crippen LogP contribution in [-0.2, 0) is 18.0 Å². The molecule has 0 N–H and O–H groups in total. The molecule has 116 valence electrons. The zero-order chi connectivity index (χ0) is 16.3. The van der Waals surface area contributed by atoms with E-state index in [-0.39, 0.29) is 5.82 Å². The highest BCUT2D eigenvalue weighted by atomic mass is 35.5. The molecule has 0 spiro atoms. The highest BCUT2D eigenvalue weighted by Gasteiger charge is 2.30. The van der Waals surface area contributed by atoms with Crippen molar-refractivity contribution in [3.05, 3.63) is 39.8 Å². The van der Waals surface area contributed by atoms with Crippen LogP contribution in [0.3, 0.4) is 0 Å². The summed E-state index contributed by atoms with van der Waals surface area (Å²) in [6.45, 7) is -1.45. The van der Waals surface area contributed by atoms with Gasteiger partial charge >= 0.3 is 12.1 Å². The summed E-state index contributed by atoms with van der Waals surface area (Å²) in [4.78, 5) is 12.0. The first-order valence-corrected chi connectivity index (χ1v) is 6.21. The molecular weight excluding hydrogens is 325 g/mol. The summed E-state index contributed by atoms with van der Waals surface area (Å²) in [6.07, 6.45) is -4.89. The standard InChI is InChI=1S/C12H8ClF3N4O2/c13-9-3-1-8(2-4-9)10-18-20(6-5-17)11(21)19(10)7-22-12(14,15)16/h1-4H,6-7H2. The predicted molar refractivity (Wildman–Crippen MR) is 69.7 cm³/mol. The third kappa shape index (κ3) is 3.66. The number of rotatable bonds is 4. The lowest BCUT2D eigenvalue weighted by molar-refractivity contribution is -0.338. The fourth-order valence-electron chi connectivity index (χ4n) is 1.68. The minimum atomic E-state index is -4.89. The van der Waals surface area contributed by atoms with Gasteiger partial charge in [0.1, 0.15) is 13.3 Å². The van der Waals surface area contributed by atoms with Crippen molar-refractivity contribution < 1.29 is 17.9 Å². The number of halogens is 4. The molecule has 0 bridgehead atoms. The van der Waals surface area contributed by atoms with Gasteiger partial charge in [-0.3, -0.25) is 9.30 Å². The molecule has 10 heteroatoms. The Morgan fingerprint density at radius 2 is 1.95 bits per heavy atom. The predicted octanol–water partition coefficient (Wildman–Crippen LogP) is 2.38. The maximum atomic E-state index is 12.2. The van der Waals surface area contributed by atoms with Crippen molar-refractivity contribution in [1.82, 2.24) is 14.3 Å². The quantitative estimate of drug-likeness (QED) is 0.861. The largest absolute Gasteiger partial charge is 0.524 e. The van der Waals surface area contributed by atoms with Gasteiger partial charge in [-0.1, -0.05) is 11.6 Å². The van der Waals surface area contributed by atoms with Crippen LogP contribution in [0.25, 0.3) is 11.4 Å². The molecule has 2 aromatic rings. The molecule has 0 aliphatic heterocycles. The molecule has 0 saturated carbocycles. The molecule has 2 rings (SSSR count). The summed E-state index contributed by atoms with van der Waals surface area (Å²) < 4.78 is 41.7. The zero-order valence-corrected chi connectivity index (χ0v) is 11.6. The van der Waals surface area contributed by atoms with Gasteiger partial charge in [0.2, 0.25) is 0 Å². The van der Waals surface area contributed by atoms with Crippen LogP contribution in [0.5, 0.6) is 0 Å². The van der Waals surface area contributed by atoms with Crippen molar-refractivity contribution in [2.45, 2.75) is 19.6 Å². The second kappa shape index (κ2) is 6.21.